The Labute approximate surface area is 142 Å². The van der Waals surface area contributed by atoms with E-state index in [9.17, 15) is 4.79 Å². The van der Waals surface area contributed by atoms with Crippen LogP contribution < -0.4 is 10.1 Å². The normalized spacial score (nSPS) is 10.4. The van der Waals surface area contributed by atoms with E-state index in [1.165, 1.54) is 5.56 Å². The van der Waals surface area contributed by atoms with Crippen LogP contribution in [-0.4, -0.2) is 24.0 Å². The molecule has 0 spiro atoms. The smallest absolute Gasteiger partial charge is 0.234 e. The van der Waals surface area contributed by atoms with E-state index in [2.05, 4.69) is 5.32 Å². The molecule has 0 saturated heterocycles. The van der Waals surface area contributed by atoms with Gasteiger partial charge in [-0.2, -0.15) is 0 Å². The molecular weight excluding hydrogens is 306 g/mol. The predicted octanol–water partition coefficient (Wildman–Crippen LogP) is 4.36. The van der Waals surface area contributed by atoms with Gasteiger partial charge in [0.25, 0.3) is 0 Å². The highest BCUT2D eigenvalue weighted by atomic mass is 32.2. The van der Waals surface area contributed by atoms with E-state index in [0.717, 1.165) is 28.3 Å². The fourth-order valence-electron chi connectivity index (χ4n) is 2.07. The average Bonchev–Trinajstić information content (AvgIpc) is 2.52. The molecule has 1 N–H and O–H groups in total. The van der Waals surface area contributed by atoms with Gasteiger partial charge in [0.2, 0.25) is 5.91 Å². The third-order valence-electron chi connectivity index (χ3n) is 3.42. The number of hydrogen-bond acceptors (Lipinski definition) is 3. The van der Waals surface area contributed by atoms with Gasteiger partial charge in [0.05, 0.1) is 12.4 Å². The monoisotopic (exact) mass is 329 g/mol. The third-order valence-corrected chi connectivity index (χ3v) is 4.34. The first-order valence-electron chi connectivity index (χ1n) is 7.69. The summed E-state index contributed by atoms with van der Waals surface area (Å²) in [6.45, 7) is 6.67. The lowest BCUT2D eigenvalue weighted by Crippen LogP contribution is -2.16. The summed E-state index contributed by atoms with van der Waals surface area (Å²) in [5, 5.41) is 2.97. The first kappa shape index (κ1) is 17.4. The molecule has 23 heavy (non-hydrogen) atoms. The van der Waals surface area contributed by atoms with Gasteiger partial charge < -0.3 is 10.1 Å². The predicted molar refractivity (Wildman–Crippen MR) is 98.5 cm³/mol. The molecule has 2 rings (SSSR count). The Morgan fingerprint density at radius 1 is 1.04 bits per heavy atom. The fourth-order valence-corrected chi connectivity index (χ4v) is 2.68. The number of nitrogens with one attached hydrogen (secondary N) is 1. The summed E-state index contributed by atoms with van der Waals surface area (Å²) >= 11 is 1.58. The average molecular weight is 329 g/mol. The molecular formula is C19H23NO2S. The minimum atomic E-state index is 0.0269. The van der Waals surface area contributed by atoms with Crippen molar-refractivity contribution in [3.63, 3.8) is 0 Å². The van der Waals surface area contributed by atoms with Crippen LogP contribution in [0.15, 0.2) is 42.5 Å². The van der Waals surface area contributed by atoms with Gasteiger partial charge in [0.15, 0.2) is 0 Å². The lowest BCUT2D eigenvalue weighted by molar-refractivity contribution is -0.113. The van der Waals surface area contributed by atoms with Crippen LogP contribution in [-0.2, 0) is 4.79 Å². The number of hydrogen-bond donors (Lipinski definition) is 1. The number of benzene rings is 2. The minimum absolute atomic E-state index is 0.0269. The number of carbonyl (C=O) groups excluding carboxylic acids is 1. The lowest BCUT2D eigenvalue weighted by Gasteiger charge is -2.09. The van der Waals surface area contributed by atoms with Crippen molar-refractivity contribution in [1.29, 1.82) is 0 Å². The summed E-state index contributed by atoms with van der Waals surface area (Å²) in [5.41, 5.74) is 4.34. The molecule has 122 valence electrons. The number of aryl methyl sites for hydroxylation is 3. The van der Waals surface area contributed by atoms with Gasteiger partial charge in [-0.05, 0) is 50.1 Å². The van der Waals surface area contributed by atoms with Gasteiger partial charge in [0, 0.05) is 11.4 Å². The van der Waals surface area contributed by atoms with Crippen molar-refractivity contribution in [3.05, 3.63) is 59.2 Å². The maximum absolute atomic E-state index is 12.0. The van der Waals surface area contributed by atoms with Crippen molar-refractivity contribution in [2.45, 2.75) is 20.8 Å². The van der Waals surface area contributed by atoms with E-state index in [-0.39, 0.29) is 5.91 Å². The van der Waals surface area contributed by atoms with Crippen LogP contribution in [0, 0.1) is 20.8 Å². The molecule has 0 fully saturated rings. The molecule has 0 bridgehead atoms. The van der Waals surface area contributed by atoms with Crippen LogP contribution in [0.25, 0.3) is 0 Å². The van der Waals surface area contributed by atoms with Gasteiger partial charge in [-0.15, -0.1) is 11.8 Å². The van der Waals surface area contributed by atoms with Gasteiger partial charge in [-0.25, -0.2) is 0 Å². The molecule has 0 aliphatic heterocycles. The molecule has 3 nitrogen and oxygen atoms in total. The molecule has 0 aromatic heterocycles. The van der Waals surface area contributed by atoms with Crippen molar-refractivity contribution < 1.29 is 9.53 Å². The van der Waals surface area contributed by atoms with E-state index in [1.54, 1.807) is 11.8 Å². The molecule has 2 aromatic rings. The lowest BCUT2D eigenvalue weighted by atomic mass is 10.1. The van der Waals surface area contributed by atoms with E-state index in [4.69, 9.17) is 4.74 Å². The first-order chi connectivity index (χ1) is 11.0. The van der Waals surface area contributed by atoms with Crippen molar-refractivity contribution in [1.82, 2.24) is 0 Å². The molecule has 0 saturated carbocycles. The first-order valence-corrected chi connectivity index (χ1v) is 8.84. The number of rotatable bonds is 7. The Balaban J connectivity index is 1.67. The van der Waals surface area contributed by atoms with Crippen molar-refractivity contribution >= 4 is 23.4 Å². The van der Waals surface area contributed by atoms with Crippen molar-refractivity contribution in [3.8, 4) is 5.75 Å². The summed E-state index contributed by atoms with van der Waals surface area (Å²) in [5.74, 6) is 2.12. The molecule has 0 unspecified atom stereocenters. The highest BCUT2D eigenvalue weighted by molar-refractivity contribution is 7.99. The molecule has 0 heterocycles. The molecule has 0 aliphatic rings. The summed E-state index contributed by atoms with van der Waals surface area (Å²) in [4.78, 5) is 12.0. The van der Waals surface area contributed by atoms with Crippen molar-refractivity contribution in [2.75, 3.05) is 23.4 Å². The van der Waals surface area contributed by atoms with Crippen molar-refractivity contribution in [2.24, 2.45) is 0 Å². The van der Waals surface area contributed by atoms with Crippen LogP contribution in [0.1, 0.15) is 16.7 Å². The summed E-state index contributed by atoms with van der Waals surface area (Å²) in [7, 11) is 0. The second kappa shape index (κ2) is 8.63. The van der Waals surface area contributed by atoms with Gasteiger partial charge in [-0.3, -0.25) is 4.79 Å². The Bertz CT molecular complexity index is 653. The Morgan fingerprint density at radius 3 is 2.48 bits per heavy atom. The summed E-state index contributed by atoms with van der Waals surface area (Å²) in [6.07, 6.45) is 0. The largest absolute Gasteiger partial charge is 0.493 e. The van der Waals surface area contributed by atoms with Crippen LogP contribution in [0.4, 0.5) is 5.69 Å². The number of ether oxygens (including phenoxy) is 1. The van der Waals surface area contributed by atoms with Crippen LogP contribution in [0.3, 0.4) is 0 Å². The standard InChI is InChI=1S/C19H23NO2S/c1-14-5-8-17(9-6-14)22-10-11-23-13-19(21)20-18-12-15(2)4-7-16(18)3/h4-9,12H,10-11,13H2,1-3H3,(H,20,21). The van der Waals surface area contributed by atoms with Gasteiger partial charge >= 0.3 is 0 Å². The SMILES string of the molecule is Cc1ccc(OCCSCC(=O)Nc2cc(C)ccc2C)cc1. The maximum Gasteiger partial charge on any atom is 0.234 e. The van der Waals surface area contributed by atoms with E-state index in [0.29, 0.717) is 12.4 Å². The second-order valence-electron chi connectivity index (χ2n) is 5.58. The number of anilines is 1. The Kier molecular flexibility index (Phi) is 6.53. The highest BCUT2D eigenvalue weighted by Crippen LogP contribution is 2.17. The molecule has 0 aliphatic carbocycles. The molecule has 0 atom stereocenters. The number of thioether (sulfide) groups is 1. The van der Waals surface area contributed by atoms with Crippen LogP contribution in [0.5, 0.6) is 5.75 Å². The van der Waals surface area contributed by atoms with Gasteiger partial charge in [0.1, 0.15) is 5.75 Å². The zero-order valence-corrected chi connectivity index (χ0v) is 14.7. The van der Waals surface area contributed by atoms with Crippen LogP contribution >= 0.6 is 11.8 Å². The summed E-state index contributed by atoms with van der Waals surface area (Å²) < 4.78 is 5.64. The molecule has 1 amide bonds. The fraction of sp³-hybridized carbons (Fsp3) is 0.316. The van der Waals surface area contributed by atoms with E-state index >= 15 is 0 Å². The minimum Gasteiger partial charge on any atom is -0.493 e. The third kappa shape index (κ3) is 5.99. The quantitative estimate of drug-likeness (QED) is 0.767. The molecule has 2 aromatic carbocycles. The summed E-state index contributed by atoms with van der Waals surface area (Å²) in [6, 6.07) is 14.1. The zero-order valence-electron chi connectivity index (χ0n) is 13.9. The molecule has 0 radical (unpaired) electrons. The van der Waals surface area contributed by atoms with E-state index in [1.807, 2.05) is 63.2 Å². The van der Waals surface area contributed by atoms with Gasteiger partial charge in [-0.1, -0.05) is 29.8 Å². The van der Waals surface area contributed by atoms with E-state index < -0.39 is 0 Å². The zero-order chi connectivity index (χ0) is 16.7. The number of amides is 1. The Hall–Kier alpha value is -1.94. The molecule has 4 heteroatoms. The maximum atomic E-state index is 12.0. The van der Waals surface area contributed by atoms with Crippen LogP contribution in [0.2, 0.25) is 0 Å². The topological polar surface area (TPSA) is 38.3 Å². The second-order valence-corrected chi connectivity index (χ2v) is 6.69. The Morgan fingerprint density at radius 2 is 1.74 bits per heavy atom. The highest BCUT2D eigenvalue weighted by Gasteiger charge is 2.05. The number of carbonyl (C=O) groups is 1.